The molecular weight excluding hydrogens is 847 g/mol. The second-order valence-corrected chi connectivity index (χ2v) is 20.9. The third kappa shape index (κ3) is 7.43. The van der Waals surface area contributed by atoms with E-state index in [0.29, 0.717) is 11.8 Å². The van der Waals surface area contributed by atoms with E-state index in [4.69, 9.17) is 9.98 Å². The van der Waals surface area contributed by atoms with Crippen LogP contribution in [0, 0.1) is 11.8 Å². The maximum absolute atomic E-state index is 5.78. The summed E-state index contributed by atoms with van der Waals surface area (Å²) in [7, 11) is 0. The molecule has 5 aromatic rings. The van der Waals surface area contributed by atoms with Crippen molar-refractivity contribution in [3.05, 3.63) is 207 Å². The molecule has 2 aliphatic heterocycles. The Labute approximate surface area is 405 Å². The van der Waals surface area contributed by atoms with Crippen LogP contribution in [0.3, 0.4) is 0 Å². The molecule has 13 rings (SSSR count). The zero-order valence-corrected chi connectivity index (χ0v) is 39.6. The second-order valence-electron chi connectivity index (χ2n) is 19.8. The van der Waals surface area contributed by atoms with Crippen molar-refractivity contribution in [1.82, 2.24) is 20.2 Å². The Bertz CT molecular complexity index is 3240. The van der Waals surface area contributed by atoms with Crippen LogP contribution in [0.25, 0.3) is 39.9 Å². The molecule has 2 N–H and O–H groups in total. The van der Waals surface area contributed by atoms with Gasteiger partial charge in [0.05, 0.1) is 11.2 Å². The minimum Gasteiger partial charge on any atom is -0.351 e. The van der Waals surface area contributed by atoms with E-state index in [2.05, 4.69) is 191 Å². The van der Waals surface area contributed by atoms with Gasteiger partial charge < -0.3 is 9.88 Å². The largest absolute Gasteiger partial charge is 0.351 e. The average molecular weight is 906 g/mol. The molecule has 0 saturated heterocycles. The number of nitrogens with zero attached hydrogens (tertiary/aromatic N) is 3. The first-order valence-electron chi connectivity index (χ1n) is 25.5. The number of thioether (sulfide) groups is 1. The SMILES string of the molecule is C1=CCCC(C2=NC(c3ccccc3)NC(c3cc(C4=C(C5C=CCCC5)CCCC4C4=CCCC=C4)cnc3C3=CC=CC4c5ccc6c7c(n(-c8ccccc8)c6c5SC34)=CCCC=7)N2)=C1. The highest BCUT2D eigenvalue weighted by molar-refractivity contribution is 8.01. The van der Waals surface area contributed by atoms with Crippen molar-refractivity contribution in [2.45, 2.75) is 105 Å². The van der Waals surface area contributed by atoms with E-state index in [1.165, 1.54) is 103 Å². The number of hydrogen-bond donors (Lipinski definition) is 2. The molecule has 6 aliphatic carbocycles. The van der Waals surface area contributed by atoms with Crippen LogP contribution in [-0.4, -0.2) is 20.6 Å². The molecule has 0 amide bonds. The molecule has 68 heavy (non-hydrogen) atoms. The van der Waals surface area contributed by atoms with E-state index in [-0.39, 0.29) is 23.5 Å². The molecule has 3 aromatic carbocycles. The number of rotatable bonds is 8. The third-order valence-electron chi connectivity index (χ3n) is 15.8. The standard InChI is InChI=1S/C62H59N5S/c1-6-20-40(21-7-1)46-31-18-32-47(41-22-8-2-9-23-41)55(46)44-38-53(62-65-60(42-24-10-3-11-25-42)64-61(66-62)43-26-12-4-13-27-43)56(63-39-44)52-34-19-33-50-51-37-36-49-48-30-16-17-35-54(48)67(45-28-14-5-15-29-45)57(49)59(51)68-58(50)52/h3-6,8,10-12,14-15,19-22,24-26,28-30,33-39,41,46,50,58,60,62,65H,1-2,7,9,13,16-18,23,27,31-32H2,(H,64,66). The van der Waals surface area contributed by atoms with Crippen LogP contribution in [-0.2, 0) is 0 Å². The first-order valence-corrected chi connectivity index (χ1v) is 26.4. The van der Waals surface area contributed by atoms with Gasteiger partial charge in [0.1, 0.15) is 18.2 Å². The van der Waals surface area contributed by atoms with Gasteiger partial charge in [-0.1, -0.05) is 145 Å². The summed E-state index contributed by atoms with van der Waals surface area (Å²) in [5.74, 6) is 2.03. The van der Waals surface area contributed by atoms with Gasteiger partial charge in [0.2, 0.25) is 0 Å². The lowest BCUT2D eigenvalue weighted by Crippen LogP contribution is -2.46. The minimum absolute atomic E-state index is 0.164. The van der Waals surface area contributed by atoms with Gasteiger partial charge in [-0.15, -0.1) is 11.8 Å². The van der Waals surface area contributed by atoms with Crippen LogP contribution in [0.2, 0.25) is 0 Å². The van der Waals surface area contributed by atoms with Crippen LogP contribution < -0.4 is 21.2 Å². The summed E-state index contributed by atoms with van der Waals surface area (Å²) in [6.45, 7) is 0. The Morgan fingerprint density at radius 3 is 2.46 bits per heavy atom. The molecule has 0 spiro atoms. The van der Waals surface area contributed by atoms with Crippen molar-refractivity contribution in [2.75, 3.05) is 0 Å². The Morgan fingerprint density at radius 1 is 0.735 bits per heavy atom. The molecule has 0 bridgehead atoms. The smallest absolute Gasteiger partial charge is 0.129 e. The van der Waals surface area contributed by atoms with Crippen LogP contribution in [0.15, 0.2) is 179 Å². The van der Waals surface area contributed by atoms with Gasteiger partial charge in [-0.05, 0) is 140 Å². The van der Waals surface area contributed by atoms with Crippen molar-refractivity contribution in [3.63, 3.8) is 0 Å². The van der Waals surface area contributed by atoms with E-state index in [1.807, 2.05) is 0 Å². The molecular formula is C62H59N5S. The van der Waals surface area contributed by atoms with Crippen LogP contribution in [0.1, 0.15) is 123 Å². The number of pyridine rings is 1. The molecule has 0 fully saturated rings. The zero-order valence-electron chi connectivity index (χ0n) is 38.8. The third-order valence-corrected chi connectivity index (χ3v) is 17.2. The summed E-state index contributed by atoms with van der Waals surface area (Å²) in [5.41, 5.74) is 15.9. The summed E-state index contributed by atoms with van der Waals surface area (Å²) < 4.78 is 2.55. The van der Waals surface area contributed by atoms with Gasteiger partial charge in [0, 0.05) is 55.4 Å². The molecule has 0 radical (unpaired) electrons. The van der Waals surface area contributed by atoms with Crippen molar-refractivity contribution in [2.24, 2.45) is 16.8 Å². The fourth-order valence-corrected chi connectivity index (χ4v) is 14.2. The predicted molar refractivity (Wildman–Crippen MR) is 284 cm³/mol. The lowest BCUT2D eigenvalue weighted by atomic mass is 9.70. The topological polar surface area (TPSA) is 54.2 Å². The van der Waals surface area contributed by atoms with Gasteiger partial charge in [0.15, 0.2) is 0 Å². The predicted octanol–water partition coefficient (Wildman–Crippen LogP) is 13.3. The normalized spacial score (nSPS) is 26.1. The van der Waals surface area contributed by atoms with Crippen molar-refractivity contribution in [3.8, 4) is 5.69 Å². The fourth-order valence-electron chi connectivity index (χ4n) is 12.6. The van der Waals surface area contributed by atoms with Crippen molar-refractivity contribution in [1.29, 1.82) is 0 Å². The molecule has 5 nitrogen and oxygen atoms in total. The second kappa shape index (κ2) is 18.0. The summed E-state index contributed by atoms with van der Waals surface area (Å²) >= 11 is 2.05. The number of hydrogen-bond acceptors (Lipinski definition) is 5. The van der Waals surface area contributed by atoms with Crippen molar-refractivity contribution < 1.29 is 0 Å². The Kier molecular flexibility index (Phi) is 11.1. The lowest BCUT2D eigenvalue weighted by Gasteiger charge is -2.36. The van der Waals surface area contributed by atoms with Crippen LogP contribution in [0.5, 0.6) is 0 Å². The Morgan fingerprint density at radius 2 is 1.62 bits per heavy atom. The minimum atomic E-state index is -0.240. The van der Waals surface area contributed by atoms with E-state index >= 15 is 0 Å². The first-order chi connectivity index (χ1) is 33.7. The summed E-state index contributed by atoms with van der Waals surface area (Å²) in [5, 5.41) is 12.3. The van der Waals surface area contributed by atoms with Crippen molar-refractivity contribution >= 4 is 51.8 Å². The Balaban J connectivity index is 0.986. The summed E-state index contributed by atoms with van der Waals surface area (Å²) in [6, 6.07) is 29.2. The lowest BCUT2D eigenvalue weighted by molar-refractivity contribution is 0.406. The maximum atomic E-state index is 5.78. The summed E-state index contributed by atoms with van der Waals surface area (Å²) in [4.78, 5) is 12.6. The van der Waals surface area contributed by atoms with E-state index < -0.39 is 0 Å². The van der Waals surface area contributed by atoms with Crippen LogP contribution >= 0.6 is 11.8 Å². The maximum Gasteiger partial charge on any atom is 0.129 e. The number of aromatic nitrogens is 2. The molecule has 4 heterocycles. The number of para-hydroxylation sites is 1. The van der Waals surface area contributed by atoms with Gasteiger partial charge in [-0.2, -0.15) is 0 Å². The number of amidine groups is 1. The molecule has 6 heteroatoms. The summed E-state index contributed by atoms with van der Waals surface area (Å²) in [6.07, 6.45) is 46.5. The highest BCUT2D eigenvalue weighted by Crippen LogP contribution is 2.56. The molecule has 8 aliphatic rings. The molecule has 338 valence electrons. The average Bonchev–Trinajstić information content (AvgIpc) is 3.98. The fraction of sp³-hybridized carbons (Fsp3) is 0.290. The molecule has 0 saturated carbocycles. The van der Waals surface area contributed by atoms with E-state index in [0.717, 1.165) is 62.0 Å². The first kappa shape index (κ1) is 41.9. The number of nitrogens with one attached hydrogen (secondary N) is 2. The Hall–Kier alpha value is -6.21. The van der Waals surface area contributed by atoms with Gasteiger partial charge in [-0.3, -0.25) is 10.3 Å². The number of allylic oxidation sites excluding steroid dienone is 14. The number of aliphatic imine (C=N–C) groups is 1. The quantitative estimate of drug-likeness (QED) is 0.152. The van der Waals surface area contributed by atoms with Gasteiger partial charge >= 0.3 is 0 Å². The van der Waals surface area contributed by atoms with E-state index in [9.17, 15) is 0 Å². The number of benzene rings is 3. The van der Waals surface area contributed by atoms with Gasteiger partial charge in [0.25, 0.3) is 0 Å². The van der Waals surface area contributed by atoms with Gasteiger partial charge in [-0.25, -0.2) is 4.99 Å². The highest BCUT2D eigenvalue weighted by Gasteiger charge is 2.41. The number of fused-ring (bicyclic) bond motifs is 7. The zero-order chi connectivity index (χ0) is 45.0. The van der Waals surface area contributed by atoms with Crippen LogP contribution in [0.4, 0.5) is 0 Å². The van der Waals surface area contributed by atoms with E-state index in [1.54, 1.807) is 5.57 Å². The molecule has 6 atom stereocenters. The monoisotopic (exact) mass is 905 g/mol. The molecule has 6 unspecified atom stereocenters. The molecule has 2 aromatic heterocycles. The highest BCUT2D eigenvalue weighted by atomic mass is 32.2.